The maximum absolute atomic E-state index is 11.6. The van der Waals surface area contributed by atoms with Crippen molar-refractivity contribution in [2.24, 2.45) is 0 Å². The second kappa shape index (κ2) is 34.8. The van der Waals surface area contributed by atoms with Gasteiger partial charge in [0.1, 0.15) is 6.61 Å². The number of carbonyl (C=O) groups excluding carboxylic acids is 2. The largest absolute Gasteiger partial charge is 0.469 e. The fourth-order valence-electron chi connectivity index (χ4n) is 3.24. The van der Waals surface area contributed by atoms with Crippen LogP contribution in [0.5, 0.6) is 0 Å². The minimum atomic E-state index is -0.286. The molecule has 0 unspecified atom stereocenters. The van der Waals surface area contributed by atoms with Crippen molar-refractivity contribution in [2.75, 3.05) is 119 Å². The van der Waals surface area contributed by atoms with Gasteiger partial charge in [-0.3, -0.25) is 9.59 Å². The van der Waals surface area contributed by atoms with Gasteiger partial charge in [0, 0.05) is 6.42 Å². The van der Waals surface area contributed by atoms with Crippen LogP contribution in [0.2, 0.25) is 0 Å². The molecule has 0 N–H and O–H groups in total. The summed E-state index contributed by atoms with van der Waals surface area (Å²) in [6.07, 6.45) is 7.66. The summed E-state index contributed by atoms with van der Waals surface area (Å²) < 4.78 is 52.9. The Hall–Kier alpha value is -1.38. The molecule has 12 heteroatoms. The highest BCUT2D eigenvalue weighted by atomic mass is 16.6. The van der Waals surface area contributed by atoms with Crippen LogP contribution in [-0.4, -0.2) is 131 Å². The van der Waals surface area contributed by atoms with Gasteiger partial charge in [-0.15, -0.1) is 0 Å². The Kier molecular flexibility index (Phi) is 33.6. The van der Waals surface area contributed by atoms with Gasteiger partial charge in [0.15, 0.2) is 0 Å². The van der Waals surface area contributed by atoms with E-state index in [2.05, 4.69) is 11.7 Å². The third-order valence-corrected chi connectivity index (χ3v) is 5.51. The van der Waals surface area contributed by atoms with Crippen LogP contribution in [-0.2, 0) is 57.0 Å². The van der Waals surface area contributed by atoms with E-state index >= 15 is 0 Å². The van der Waals surface area contributed by atoms with E-state index in [0.29, 0.717) is 112 Å². The van der Waals surface area contributed by atoms with E-state index in [4.69, 9.17) is 42.6 Å². The first-order valence-electron chi connectivity index (χ1n) is 15.0. The number of unbranched alkanes of at least 4 members (excludes halogenated alkanes) is 5. The molecule has 12 nitrogen and oxygen atoms in total. The summed E-state index contributed by atoms with van der Waals surface area (Å²) in [5.41, 5.74) is 0. The summed E-state index contributed by atoms with van der Waals surface area (Å²) >= 11 is 0. The maximum atomic E-state index is 11.6. The van der Waals surface area contributed by atoms with E-state index < -0.39 is 0 Å². The minimum absolute atomic E-state index is 0.146. The minimum Gasteiger partial charge on any atom is -0.469 e. The van der Waals surface area contributed by atoms with Gasteiger partial charge in [0.05, 0.1) is 119 Å². The lowest BCUT2D eigenvalue weighted by molar-refractivity contribution is -0.145. The molecule has 0 aromatic carbocycles. The molecule has 0 spiro atoms. The van der Waals surface area contributed by atoms with E-state index in [1.165, 1.54) is 32.8 Å². The van der Waals surface area contributed by atoms with Gasteiger partial charge in [0.2, 0.25) is 0 Å². The molecule has 0 fully saturated rings. The Morgan fingerprint density at radius 3 is 1.12 bits per heavy atom. The van der Waals surface area contributed by atoms with E-state index in [1.807, 2.05) is 0 Å². The number of esters is 2. The van der Waals surface area contributed by atoms with Crippen LogP contribution in [0.25, 0.3) is 0 Å². The molecule has 0 amide bonds. The monoisotopic (exact) mass is 596 g/mol. The first-order valence-corrected chi connectivity index (χ1v) is 15.0. The van der Waals surface area contributed by atoms with Gasteiger partial charge in [-0.2, -0.15) is 0 Å². The summed E-state index contributed by atoms with van der Waals surface area (Å²) in [7, 11) is 1.35. The third kappa shape index (κ3) is 34.7. The highest BCUT2D eigenvalue weighted by molar-refractivity contribution is 5.69. The highest BCUT2D eigenvalue weighted by Crippen LogP contribution is 2.07. The average Bonchev–Trinajstić information content (AvgIpc) is 2.98. The highest BCUT2D eigenvalue weighted by Gasteiger charge is 2.03. The summed E-state index contributed by atoms with van der Waals surface area (Å²) in [6.45, 7) is 9.83. The van der Waals surface area contributed by atoms with Crippen molar-refractivity contribution in [1.29, 1.82) is 0 Å². The predicted octanol–water partition coefficient (Wildman–Crippen LogP) is 2.98. The van der Waals surface area contributed by atoms with Crippen LogP contribution in [0.3, 0.4) is 0 Å². The summed E-state index contributed by atoms with van der Waals surface area (Å²) in [5.74, 6) is -0.433. The van der Waals surface area contributed by atoms with E-state index in [-0.39, 0.29) is 25.0 Å². The van der Waals surface area contributed by atoms with Crippen LogP contribution in [0.1, 0.15) is 58.3 Å². The van der Waals surface area contributed by atoms with Crippen LogP contribution in [0, 0.1) is 0 Å². The standard InChI is InChI=1S/C29H56O12/c1-3-4-5-6-7-8-9-29(31)41-27-26-40-25-24-39-23-22-38-21-20-37-19-18-36-17-16-35-15-14-34-13-12-33-11-10-28(30)32-2/h3-27H2,1-2H3. The maximum Gasteiger partial charge on any atom is 0.307 e. The van der Waals surface area contributed by atoms with Crippen molar-refractivity contribution in [2.45, 2.75) is 58.3 Å². The van der Waals surface area contributed by atoms with Crippen LogP contribution < -0.4 is 0 Å². The summed E-state index contributed by atoms with van der Waals surface area (Å²) in [5, 5.41) is 0. The van der Waals surface area contributed by atoms with Gasteiger partial charge < -0.3 is 47.4 Å². The zero-order valence-corrected chi connectivity index (χ0v) is 25.6. The van der Waals surface area contributed by atoms with Crippen molar-refractivity contribution >= 4 is 11.9 Å². The number of hydrogen-bond acceptors (Lipinski definition) is 12. The first kappa shape index (κ1) is 39.6. The normalized spacial score (nSPS) is 11.2. The van der Waals surface area contributed by atoms with Crippen molar-refractivity contribution < 1.29 is 57.0 Å². The van der Waals surface area contributed by atoms with E-state index in [0.717, 1.165) is 12.8 Å². The van der Waals surface area contributed by atoms with Gasteiger partial charge >= 0.3 is 11.9 Å². The molecule has 0 aliphatic carbocycles. The van der Waals surface area contributed by atoms with Crippen molar-refractivity contribution in [3.63, 3.8) is 0 Å². The fourth-order valence-corrected chi connectivity index (χ4v) is 3.24. The lowest BCUT2D eigenvalue weighted by atomic mass is 10.1. The molecule has 244 valence electrons. The average molecular weight is 597 g/mol. The summed E-state index contributed by atoms with van der Waals surface area (Å²) in [6, 6.07) is 0. The number of ether oxygens (including phenoxy) is 10. The van der Waals surface area contributed by atoms with E-state index in [1.54, 1.807) is 0 Å². The molecule has 0 aromatic rings. The van der Waals surface area contributed by atoms with Crippen LogP contribution in [0.4, 0.5) is 0 Å². The molecule has 0 aliphatic heterocycles. The topological polar surface area (TPSA) is 126 Å². The zero-order valence-electron chi connectivity index (χ0n) is 25.6. The fraction of sp³-hybridized carbons (Fsp3) is 0.931. The number of methoxy groups -OCH3 is 1. The Morgan fingerprint density at radius 1 is 0.390 bits per heavy atom. The molecule has 0 saturated heterocycles. The Bertz CT molecular complexity index is 550. The van der Waals surface area contributed by atoms with Crippen molar-refractivity contribution in [3.05, 3.63) is 0 Å². The Labute approximate surface area is 246 Å². The zero-order chi connectivity index (χ0) is 29.9. The number of carbonyl (C=O) groups is 2. The van der Waals surface area contributed by atoms with Gasteiger partial charge in [0.25, 0.3) is 0 Å². The second-order valence-corrected chi connectivity index (χ2v) is 8.96. The molecule has 0 saturated carbocycles. The predicted molar refractivity (Wildman–Crippen MR) is 152 cm³/mol. The molecule has 0 heterocycles. The lowest BCUT2D eigenvalue weighted by Crippen LogP contribution is -2.15. The van der Waals surface area contributed by atoms with Crippen molar-refractivity contribution in [3.8, 4) is 0 Å². The number of rotatable bonds is 34. The summed E-state index contributed by atoms with van der Waals surface area (Å²) in [4.78, 5) is 22.5. The lowest BCUT2D eigenvalue weighted by Gasteiger charge is -2.09. The Morgan fingerprint density at radius 2 is 0.732 bits per heavy atom. The first-order chi connectivity index (χ1) is 20.2. The SMILES string of the molecule is CCCCCCCCC(=O)OCCOCCOCCOCCOCCOCCOCCOCCOCCC(=O)OC. The molecule has 0 aliphatic rings. The smallest absolute Gasteiger partial charge is 0.307 e. The van der Waals surface area contributed by atoms with E-state index in [9.17, 15) is 9.59 Å². The molecular formula is C29H56O12. The molecule has 0 radical (unpaired) electrons. The Balaban J connectivity index is 3.11. The molecule has 0 bridgehead atoms. The molecule has 0 atom stereocenters. The van der Waals surface area contributed by atoms with Crippen molar-refractivity contribution in [1.82, 2.24) is 0 Å². The van der Waals surface area contributed by atoms with Gasteiger partial charge in [-0.1, -0.05) is 39.0 Å². The van der Waals surface area contributed by atoms with Crippen LogP contribution >= 0.6 is 0 Å². The molecule has 0 rings (SSSR count). The second-order valence-electron chi connectivity index (χ2n) is 8.96. The third-order valence-electron chi connectivity index (χ3n) is 5.51. The number of hydrogen-bond donors (Lipinski definition) is 0. The molecule has 0 aromatic heterocycles. The molecular weight excluding hydrogens is 540 g/mol. The quantitative estimate of drug-likeness (QED) is 0.0801. The van der Waals surface area contributed by atoms with Gasteiger partial charge in [-0.25, -0.2) is 0 Å². The van der Waals surface area contributed by atoms with Crippen LogP contribution in [0.15, 0.2) is 0 Å². The molecule has 41 heavy (non-hydrogen) atoms. The van der Waals surface area contributed by atoms with Gasteiger partial charge in [-0.05, 0) is 6.42 Å².